The van der Waals surface area contributed by atoms with Crippen LogP contribution in [-0.4, -0.2) is 49.0 Å². The first-order valence-electron chi connectivity index (χ1n) is 6.79. The van der Waals surface area contributed by atoms with Gasteiger partial charge >= 0.3 is 0 Å². The van der Waals surface area contributed by atoms with Crippen molar-refractivity contribution in [1.29, 1.82) is 0 Å². The van der Waals surface area contributed by atoms with Crippen molar-refractivity contribution in [2.75, 3.05) is 18.2 Å². The topological polar surface area (TPSA) is 66.5 Å². The Morgan fingerprint density at radius 1 is 1.22 bits per heavy atom. The van der Waals surface area contributed by atoms with Crippen LogP contribution in [0.25, 0.3) is 0 Å². The standard InChI is InChI=1S/C12H20N2O3S/c15-11-12(5-1-2-6-12)13-9-14(11)10-4-3-7-18(16,17)8-10/h10,13H,1-9H2. The van der Waals surface area contributed by atoms with Crippen LogP contribution in [0, 0.1) is 0 Å². The van der Waals surface area contributed by atoms with Crippen molar-refractivity contribution in [3.8, 4) is 0 Å². The summed E-state index contributed by atoms with van der Waals surface area (Å²) >= 11 is 0. The zero-order chi connectivity index (χ0) is 12.8. The molecule has 2 heterocycles. The molecule has 0 bridgehead atoms. The maximum atomic E-state index is 12.5. The normalized spacial score (nSPS) is 34.3. The lowest BCUT2D eigenvalue weighted by Crippen LogP contribution is -2.48. The Labute approximate surface area is 108 Å². The van der Waals surface area contributed by atoms with Crippen molar-refractivity contribution in [2.24, 2.45) is 0 Å². The monoisotopic (exact) mass is 272 g/mol. The summed E-state index contributed by atoms with van der Waals surface area (Å²) in [6.45, 7) is 0.527. The third kappa shape index (κ3) is 1.95. The van der Waals surface area contributed by atoms with Crippen LogP contribution in [0.3, 0.4) is 0 Å². The Morgan fingerprint density at radius 2 is 1.94 bits per heavy atom. The fourth-order valence-corrected chi connectivity index (χ4v) is 5.27. The third-order valence-corrected chi connectivity index (χ3v) is 6.40. The average Bonchev–Trinajstić information content (AvgIpc) is 2.89. The molecule has 1 amide bonds. The highest BCUT2D eigenvalue weighted by molar-refractivity contribution is 7.91. The summed E-state index contributed by atoms with van der Waals surface area (Å²) < 4.78 is 23.4. The molecule has 18 heavy (non-hydrogen) atoms. The zero-order valence-electron chi connectivity index (χ0n) is 10.5. The van der Waals surface area contributed by atoms with Crippen LogP contribution in [0.2, 0.25) is 0 Å². The van der Waals surface area contributed by atoms with Crippen molar-refractivity contribution in [3.63, 3.8) is 0 Å². The van der Waals surface area contributed by atoms with Gasteiger partial charge in [0, 0.05) is 6.04 Å². The predicted molar refractivity (Wildman–Crippen MR) is 67.7 cm³/mol. The van der Waals surface area contributed by atoms with Gasteiger partial charge in [-0.05, 0) is 25.7 Å². The van der Waals surface area contributed by atoms with Gasteiger partial charge in [0.15, 0.2) is 9.84 Å². The number of amides is 1. The Kier molecular flexibility index (Phi) is 2.90. The van der Waals surface area contributed by atoms with Gasteiger partial charge in [0.2, 0.25) is 5.91 Å². The molecule has 2 saturated heterocycles. The van der Waals surface area contributed by atoms with Gasteiger partial charge in [-0.25, -0.2) is 8.42 Å². The maximum Gasteiger partial charge on any atom is 0.244 e. The minimum absolute atomic E-state index is 0.108. The summed E-state index contributed by atoms with van der Waals surface area (Å²) in [6.07, 6.45) is 5.50. The largest absolute Gasteiger partial charge is 0.324 e. The van der Waals surface area contributed by atoms with Gasteiger partial charge in [-0.3, -0.25) is 10.1 Å². The van der Waals surface area contributed by atoms with Crippen molar-refractivity contribution < 1.29 is 13.2 Å². The highest BCUT2D eigenvalue weighted by atomic mass is 32.2. The molecule has 3 fully saturated rings. The molecule has 6 heteroatoms. The van der Waals surface area contributed by atoms with Gasteiger partial charge in [0.1, 0.15) is 0 Å². The fourth-order valence-electron chi connectivity index (χ4n) is 3.57. The van der Waals surface area contributed by atoms with Crippen LogP contribution in [0.15, 0.2) is 0 Å². The Morgan fingerprint density at radius 3 is 2.61 bits per heavy atom. The van der Waals surface area contributed by atoms with Gasteiger partial charge in [-0.1, -0.05) is 12.8 Å². The van der Waals surface area contributed by atoms with Crippen molar-refractivity contribution in [3.05, 3.63) is 0 Å². The molecule has 3 aliphatic rings. The highest BCUT2D eigenvalue weighted by Crippen LogP contribution is 2.36. The van der Waals surface area contributed by atoms with Crippen molar-refractivity contribution in [1.82, 2.24) is 10.2 Å². The molecule has 1 N–H and O–H groups in total. The predicted octanol–water partition coefficient (Wildman–Crippen LogP) is 0.266. The molecule has 3 rings (SSSR count). The van der Waals surface area contributed by atoms with Gasteiger partial charge in [-0.2, -0.15) is 0 Å². The van der Waals surface area contributed by atoms with E-state index < -0.39 is 9.84 Å². The van der Waals surface area contributed by atoms with Gasteiger partial charge < -0.3 is 4.90 Å². The molecular weight excluding hydrogens is 252 g/mol. The van der Waals surface area contributed by atoms with Crippen LogP contribution in [-0.2, 0) is 14.6 Å². The second-order valence-electron chi connectivity index (χ2n) is 5.81. The SMILES string of the molecule is O=C1N(C2CCCS(=O)(=O)C2)CNC12CCCC2. The first kappa shape index (κ1) is 12.4. The van der Waals surface area contributed by atoms with E-state index in [1.807, 2.05) is 0 Å². The van der Waals surface area contributed by atoms with E-state index in [-0.39, 0.29) is 29.0 Å². The fraction of sp³-hybridized carbons (Fsp3) is 0.917. The van der Waals surface area contributed by atoms with Crippen LogP contribution in [0.5, 0.6) is 0 Å². The van der Waals surface area contributed by atoms with Crippen LogP contribution >= 0.6 is 0 Å². The number of sulfone groups is 1. The van der Waals surface area contributed by atoms with Crippen molar-refractivity contribution >= 4 is 15.7 Å². The van der Waals surface area contributed by atoms with Crippen LogP contribution in [0.1, 0.15) is 38.5 Å². The zero-order valence-corrected chi connectivity index (χ0v) is 11.3. The average molecular weight is 272 g/mol. The highest BCUT2D eigenvalue weighted by Gasteiger charge is 2.50. The van der Waals surface area contributed by atoms with E-state index in [9.17, 15) is 13.2 Å². The Hall–Kier alpha value is -0.620. The molecule has 1 spiro atoms. The van der Waals surface area contributed by atoms with Crippen LogP contribution < -0.4 is 5.32 Å². The van der Waals surface area contributed by atoms with E-state index in [2.05, 4.69) is 5.32 Å². The van der Waals surface area contributed by atoms with E-state index in [0.717, 1.165) is 32.1 Å². The van der Waals surface area contributed by atoms with E-state index >= 15 is 0 Å². The van der Waals surface area contributed by atoms with Gasteiger partial charge in [0.05, 0.1) is 23.7 Å². The molecule has 0 aromatic rings. The number of hydrogen-bond acceptors (Lipinski definition) is 4. The molecule has 0 aromatic heterocycles. The molecule has 102 valence electrons. The summed E-state index contributed by atoms with van der Waals surface area (Å²) in [7, 11) is -2.95. The minimum atomic E-state index is -2.95. The molecule has 0 aromatic carbocycles. The number of carbonyl (C=O) groups excluding carboxylic acids is 1. The summed E-state index contributed by atoms with van der Waals surface area (Å²) in [5.41, 5.74) is -0.360. The van der Waals surface area contributed by atoms with E-state index in [0.29, 0.717) is 13.1 Å². The Bertz CT molecular complexity index is 454. The van der Waals surface area contributed by atoms with Gasteiger partial charge in [0.25, 0.3) is 0 Å². The summed E-state index contributed by atoms with van der Waals surface area (Å²) in [4.78, 5) is 14.3. The second-order valence-corrected chi connectivity index (χ2v) is 8.04. The van der Waals surface area contributed by atoms with E-state index in [4.69, 9.17) is 0 Å². The lowest BCUT2D eigenvalue weighted by atomic mass is 9.97. The smallest absolute Gasteiger partial charge is 0.244 e. The molecule has 1 atom stereocenters. The third-order valence-electron chi connectivity index (χ3n) is 4.59. The van der Waals surface area contributed by atoms with Crippen molar-refractivity contribution in [2.45, 2.75) is 50.1 Å². The van der Waals surface area contributed by atoms with E-state index in [1.54, 1.807) is 4.90 Å². The lowest BCUT2D eigenvalue weighted by Gasteiger charge is -2.31. The second kappa shape index (κ2) is 4.20. The molecule has 0 radical (unpaired) electrons. The molecule has 2 aliphatic heterocycles. The molecule has 1 unspecified atom stereocenters. The lowest BCUT2D eigenvalue weighted by molar-refractivity contribution is -0.134. The Balaban J connectivity index is 1.76. The minimum Gasteiger partial charge on any atom is -0.324 e. The number of rotatable bonds is 1. The summed E-state index contributed by atoms with van der Waals surface area (Å²) in [5, 5.41) is 3.34. The van der Waals surface area contributed by atoms with E-state index in [1.165, 1.54) is 0 Å². The number of nitrogens with one attached hydrogen (secondary N) is 1. The first-order chi connectivity index (χ1) is 8.53. The summed E-state index contributed by atoms with van der Waals surface area (Å²) in [5.74, 6) is 0.572. The molecule has 1 saturated carbocycles. The van der Waals surface area contributed by atoms with Gasteiger partial charge in [-0.15, -0.1) is 0 Å². The molecular formula is C12H20N2O3S. The quantitative estimate of drug-likeness (QED) is 0.744. The molecule has 5 nitrogen and oxygen atoms in total. The number of carbonyl (C=O) groups is 1. The maximum absolute atomic E-state index is 12.5. The number of nitrogens with zero attached hydrogens (tertiary/aromatic N) is 1. The molecule has 1 aliphatic carbocycles. The first-order valence-corrected chi connectivity index (χ1v) is 8.61. The summed E-state index contributed by atoms with van der Waals surface area (Å²) in [6, 6.07) is -0.108. The van der Waals surface area contributed by atoms with Crippen LogP contribution in [0.4, 0.5) is 0 Å². The number of hydrogen-bond donors (Lipinski definition) is 1.